The number of sulfonamides is 1. The van der Waals surface area contributed by atoms with Crippen molar-refractivity contribution in [2.75, 3.05) is 41.2 Å². The molecular formula is C18H17Cl2N3O4S. The van der Waals surface area contributed by atoms with Crippen LogP contribution >= 0.6 is 23.2 Å². The zero-order valence-corrected chi connectivity index (χ0v) is 17.0. The molecule has 0 atom stereocenters. The number of carbonyl (C=O) groups is 1. The van der Waals surface area contributed by atoms with Crippen molar-refractivity contribution in [3.05, 3.63) is 45.9 Å². The third kappa shape index (κ3) is 3.65. The Morgan fingerprint density at radius 2 is 1.86 bits per heavy atom. The lowest BCUT2D eigenvalue weighted by Crippen LogP contribution is -2.37. The van der Waals surface area contributed by atoms with E-state index in [0.29, 0.717) is 54.0 Å². The van der Waals surface area contributed by atoms with E-state index in [-0.39, 0.29) is 22.2 Å². The van der Waals surface area contributed by atoms with Gasteiger partial charge in [-0.05, 0) is 29.8 Å². The number of para-hydroxylation sites is 1. The molecule has 4 rings (SSSR count). The van der Waals surface area contributed by atoms with Gasteiger partial charge < -0.3 is 15.0 Å². The Hall–Kier alpha value is -2.00. The molecule has 7 nitrogen and oxygen atoms in total. The van der Waals surface area contributed by atoms with Crippen LogP contribution in [0.25, 0.3) is 0 Å². The van der Waals surface area contributed by atoms with Crippen LogP contribution in [0.1, 0.15) is 5.56 Å². The maximum absolute atomic E-state index is 13.1. The molecular weight excluding hydrogens is 425 g/mol. The molecule has 0 unspecified atom stereocenters. The number of hydrogen-bond donors (Lipinski definition) is 2. The van der Waals surface area contributed by atoms with E-state index in [0.717, 1.165) is 0 Å². The fraction of sp³-hybridized carbons (Fsp3) is 0.278. The molecule has 1 amide bonds. The Balaban J connectivity index is 1.71. The van der Waals surface area contributed by atoms with Crippen molar-refractivity contribution in [3.8, 4) is 0 Å². The van der Waals surface area contributed by atoms with Crippen LogP contribution in [0.15, 0.2) is 35.2 Å². The molecule has 10 heteroatoms. The van der Waals surface area contributed by atoms with Gasteiger partial charge in [0, 0.05) is 18.8 Å². The van der Waals surface area contributed by atoms with Gasteiger partial charge in [-0.3, -0.25) is 9.52 Å². The number of nitrogens with zero attached hydrogens (tertiary/aromatic N) is 1. The van der Waals surface area contributed by atoms with Gasteiger partial charge in [0.15, 0.2) is 0 Å². The second-order valence-corrected chi connectivity index (χ2v) is 8.97. The summed E-state index contributed by atoms with van der Waals surface area (Å²) in [5.41, 5.74) is 2.09. The second kappa shape index (κ2) is 7.44. The molecule has 0 aromatic heterocycles. The topological polar surface area (TPSA) is 87.7 Å². The van der Waals surface area contributed by atoms with Gasteiger partial charge in [0.1, 0.15) is 4.90 Å². The van der Waals surface area contributed by atoms with Gasteiger partial charge in [0.05, 0.1) is 41.1 Å². The van der Waals surface area contributed by atoms with Gasteiger partial charge >= 0.3 is 0 Å². The summed E-state index contributed by atoms with van der Waals surface area (Å²) in [6.07, 6.45) is 0.116. The highest BCUT2D eigenvalue weighted by molar-refractivity contribution is 7.92. The maximum atomic E-state index is 13.1. The first kappa shape index (κ1) is 19.3. The van der Waals surface area contributed by atoms with Crippen LogP contribution in [-0.4, -0.2) is 40.6 Å². The van der Waals surface area contributed by atoms with Crippen molar-refractivity contribution in [2.24, 2.45) is 0 Å². The van der Waals surface area contributed by atoms with Crippen LogP contribution in [0, 0.1) is 0 Å². The molecule has 1 fully saturated rings. The second-order valence-electron chi connectivity index (χ2n) is 6.51. The number of amides is 1. The molecule has 2 aromatic carbocycles. The lowest BCUT2D eigenvalue weighted by atomic mass is 10.2. The van der Waals surface area contributed by atoms with Gasteiger partial charge in [0.2, 0.25) is 5.91 Å². The molecule has 1 saturated heterocycles. The Morgan fingerprint density at radius 1 is 1.11 bits per heavy atom. The van der Waals surface area contributed by atoms with Crippen molar-refractivity contribution in [3.63, 3.8) is 0 Å². The average molecular weight is 442 g/mol. The van der Waals surface area contributed by atoms with Crippen LogP contribution in [0.2, 0.25) is 10.0 Å². The number of benzene rings is 2. The van der Waals surface area contributed by atoms with E-state index in [1.165, 1.54) is 12.1 Å². The Bertz CT molecular complexity index is 1050. The molecule has 2 aliphatic heterocycles. The Morgan fingerprint density at radius 3 is 2.61 bits per heavy atom. The SMILES string of the molecule is O=C1Cc2cc(S(=O)(=O)Nc3cccc(Cl)c3N3CCOCC3)c(Cl)cc2N1. The largest absolute Gasteiger partial charge is 0.378 e. The van der Waals surface area contributed by atoms with E-state index < -0.39 is 10.0 Å². The molecule has 0 bridgehead atoms. The summed E-state index contributed by atoms with van der Waals surface area (Å²) in [5, 5.41) is 3.12. The number of anilines is 3. The zero-order chi connectivity index (χ0) is 19.9. The van der Waals surface area contributed by atoms with Gasteiger partial charge in [0.25, 0.3) is 10.0 Å². The smallest absolute Gasteiger partial charge is 0.263 e. The minimum Gasteiger partial charge on any atom is -0.378 e. The predicted molar refractivity (Wildman–Crippen MR) is 109 cm³/mol. The summed E-state index contributed by atoms with van der Waals surface area (Å²) in [5.74, 6) is -0.196. The summed E-state index contributed by atoms with van der Waals surface area (Å²) in [7, 11) is -4.00. The van der Waals surface area contributed by atoms with Crippen molar-refractivity contribution in [1.82, 2.24) is 0 Å². The van der Waals surface area contributed by atoms with Crippen molar-refractivity contribution in [1.29, 1.82) is 0 Å². The van der Waals surface area contributed by atoms with Crippen molar-refractivity contribution < 1.29 is 17.9 Å². The number of rotatable bonds is 4. The van der Waals surface area contributed by atoms with E-state index in [9.17, 15) is 13.2 Å². The lowest BCUT2D eigenvalue weighted by Gasteiger charge is -2.31. The predicted octanol–water partition coefficient (Wildman–Crippen LogP) is 3.13. The zero-order valence-electron chi connectivity index (χ0n) is 14.7. The van der Waals surface area contributed by atoms with E-state index in [1.54, 1.807) is 18.2 Å². The lowest BCUT2D eigenvalue weighted by molar-refractivity contribution is -0.115. The average Bonchev–Trinajstić information content (AvgIpc) is 3.00. The standard InChI is InChI=1S/C18H17Cl2N3O4S/c19-12-2-1-3-14(18(12)23-4-6-27-7-5-23)22-28(25,26)16-8-11-9-17(24)21-15(11)10-13(16)20/h1-3,8,10,22H,4-7,9H2,(H,21,24). The Kier molecular flexibility index (Phi) is 5.13. The van der Waals surface area contributed by atoms with E-state index in [2.05, 4.69) is 10.0 Å². The molecule has 0 aliphatic carbocycles. The van der Waals surface area contributed by atoms with Crippen molar-refractivity contribution >= 4 is 56.2 Å². The first-order valence-electron chi connectivity index (χ1n) is 8.61. The van der Waals surface area contributed by atoms with Crippen molar-refractivity contribution in [2.45, 2.75) is 11.3 Å². The molecule has 28 heavy (non-hydrogen) atoms. The number of hydrogen-bond acceptors (Lipinski definition) is 5. The molecule has 148 valence electrons. The van der Waals surface area contributed by atoms with E-state index >= 15 is 0 Å². The highest BCUT2D eigenvalue weighted by Gasteiger charge is 2.27. The number of morpholine rings is 1. The van der Waals surface area contributed by atoms with Crippen LogP contribution in [-0.2, 0) is 26.0 Å². The highest BCUT2D eigenvalue weighted by atomic mass is 35.5. The molecule has 2 aromatic rings. The molecule has 2 aliphatic rings. The number of fused-ring (bicyclic) bond motifs is 1. The van der Waals surface area contributed by atoms with Gasteiger partial charge in [-0.25, -0.2) is 8.42 Å². The van der Waals surface area contributed by atoms with Gasteiger partial charge in [-0.2, -0.15) is 0 Å². The number of ether oxygens (including phenoxy) is 1. The minimum absolute atomic E-state index is 0.0309. The van der Waals surface area contributed by atoms with Gasteiger partial charge in [-0.15, -0.1) is 0 Å². The summed E-state index contributed by atoms with van der Waals surface area (Å²) in [6.45, 7) is 2.28. The highest BCUT2D eigenvalue weighted by Crippen LogP contribution is 2.37. The third-order valence-corrected chi connectivity index (χ3v) is 6.77. The molecule has 0 radical (unpaired) electrons. The maximum Gasteiger partial charge on any atom is 0.263 e. The van der Waals surface area contributed by atoms with E-state index in [1.807, 2.05) is 4.90 Å². The molecule has 0 spiro atoms. The Labute approximate surface area is 172 Å². The normalized spacial score (nSPS) is 16.6. The summed E-state index contributed by atoms with van der Waals surface area (Å²) >= 11 is 12.6. The minimum atomic E-state index is -4.00. The third-order valence-electron chi connectivity index (χ3n) is 4.63. The fourth-order valence-corrected chi connectivity index (χ4v) is 5.28. The molecule has 2 heterocycles. The van der Waals surface area contributed by atoms with E-state index in [4.69, 9.17) is 27.9 Å². The first-order valence-corrected chi connectivity index (χ1v) is 10.9. The fourth-order valence-electron chi connectivity index (χ4n) is 3.34. The summed E-state index contributed by atoms with van der Waals surface area (Å²) in [6, 6.07) is 7.93. The monoisotopic (exact) mass is 441 g/mol. The summed E-state index contributed by atoms with van der Waals surface area (Å²) < 4.78 is 34.1. The summed E-state index contributed by atoms with van der Waals surface area (Å²) in [4.78, 5) is 13.5. The van der Waals surface area contributed by atoms with Crippen LogP contribution in [0.5, 0.6) is 0 Å². The van der Waals surface area contributed by atoms with Crippen LogP contribution < -0.4 is 14.9 Å². The quantitative estimate of drug-likeness (QED) is 0.760. The first-order chi connectivity index (χ1) is 13.3. The van der Waals surface area contributed by atoms with Gasteiger partial charge in [-0.1, -0.05) is 29.3 Å². The number of carbonyl (C=O) groups excluding carboxylic acids is 1. The molecule has 0 saturated carbocycles. The number of halogens is 2. The number of nitrogens with one attached hydrogen (secondary N) is 2. The van der Waals surface area contributed by atoms with Crippen LogP contribution in [0.4, 0.5) is 17.1 Å². The van der Waals surface area contributed by atoms with Crippen LogP contribution in [0.3, 0.4) is 0 Å². The molecule has 2 N–H and O–H groups in total.